The molecule has 1 aliphatic heterocycles. The Balaban J connectivity index is 0.000000665. The van der Waals surface area contributed by atoms with Crippen molar-refractivity contribution < 1.29 is 43.3 Å². The highest BCUT2D eigenvalue weighted by Gasteiger charge is 2.27. The van der Waals surface area contributed by atoms with Crippen molar-refractivity contribution in [2.24, 2.45) is 5.92 Å². The summed E-state index contributed by atoms with van der Waals surface area (Å²) in [6.45, 7) is 4.36. The maximum absolute atomic E-state index is 13.6. The molecule has 3 aromatic rings. The molecule has 1 fully saturated rings. The molecule has 1 heterocycles. The second-order valence-electron chi connectivity index (χ2n) is 10.6. The molecule has 3 N–H and O–H groups in total. The number of hydrogen-bond acceptors (Lipinski definition) is 7. The first kappa shape index (κ1) is 36.1. The van der Waals surface area contributed by atoms with Crippen LogP contribution in [0.5, 0.6) is 5.75 Å². The maximum atomic E-state index is 13.6. The summed E-state index contributed by atoms with van der Waals surface area (Å²) < 4.78 is 18.6. The van der Waals surface area contributed by atoms with Gasteiger partial charge in [-0.15, -0.1) is 0 Å². The number of carboxylic acids is 2. The number of halogens is 1. The number of Topliss-reactive ketones (excluding diaryl/α,β-unsaturated/α-hetero) is 1. The van der Waals surface area contributed by atoms with E-state index in [0.29, 0.717) is 67.1 Å². The number of carbonyl (C=O) groups is 5. The van der Waals surface area contributed by atoms with Gasteiger partial charge in [0.25, 0.3) is 5.91 Å². The number of carboxylic acid groups (broad SMARTS) is 2. The van der Waals surface area contributed by atoms with Crippen molar-refractivity contribution in [2.45, 2.75) is 26.2 Å². The van der Waals surface area contributed by atoms with E-state index in [1.165, 1.54) is 12.1 Å². The Kier molecular flexibility index (Phi) is 13.8. The van der Waals surface area contributed by atoms with E-state index in [9.17, 15) is 28.4 Å². The highest BCUT2D eigenvalue weighted by molar-refractivity contribution is 6.06. The molecule has 3 aromatic carbocycles. The van der Waals surface area contributed by atoms with Crippen LogP contribution < -0.4 is 15.0 Å². The number of piperidine rings is 1. The molecule has 0 aliphatic carbocycles. The Bertz CT molecular complexity index is 1550. The Morgan fingerprint density at radius 3 is 2.06 bits per heavy atom. The fourth-order valence-corrected chi connectivity index (χ4v) is 4.88. The molecule has 0 aromatic heterocycles. The molecule has 0 atom stereocenters. The summed E-state index contributed by atoms with van der Waals surface area (Å²) in [5.74, 6) is -2.48. The average molecular weight is 648 g/mol. The third-order valence-electron chi connectivity index (χ3n) is 7.44. The number of ketones is 1. The summed E-state index contributed by atoms with van der Waals surface area (Å²) in [4.78, 5) is 61.3. The molecule has 12 heteroatoms. The molecule has 248 valence electrons. The fourth-order valence-electron chi connectivity index (χ4n) is 4.88. The van der Waals surface area contributed by atoms with Crippen LogP contribution in [0.25, 0.3) is 0 Å². The normalized spacial score (nSPS) is 13.3. The van der Waals surface area contributed by atoms with Crippen LogP contribution in [0.15, 0.2) is 84.9 Å². The lowest BCUT2D eigenvalue weighted by atomic mass is 9.89. The number of amides is 2. The summed E-state index contributed by atoms with van der Waals surface area (Å²) >= 11 is 0. The molecular weight excluding hydrogens is 609 g/mol. The molecule has 47 heavy (non-hydrogen) atoms. The molecule has 1 saturated heterocycles. The average Bonchev–Trinajstić information content (AvgIpc) is 3.08. The van der Waals surface area contributed by atoms with Crippen molar-refractivity contribution in [1.82, 2.24) is 4.90 Å². The van der Waals surface area contributed by atoms with Gasteiger partial charge in [0.15, 0.2) is 5.78 Å². The van der Waals surface area contributed by atoms with Gasteiger partial charge in [0.1, 0.15) is 11.6 Å². The lowest BCUT2D eigenvalue weighted by Gasteiger charge is -2.33. The molecular formula is C35H38FN3O8. The topological polar surface area (TPSA) is 154 Å². The lowest BCUT2D eigenvalue weighted by molar-refractivity contribution is -0.134. The van der Waals surface area contributed by atoms with E-state index in [-0.39, 0.29) is 29.3 Å². The molecule has 0 bridgehead atoms. The van der Waals surface area contributed by atoms with E-state index >= 15 is 0 Å². The van der Waals surface area contributed by atoms with Gasteiger partial charge in [-0.2, -0.15) is 0 Å². The van der Waals surface area contributed by atoms with Crippen LogP contribution in [-0.4, -0.2) is 77.9 Å². The number of likely N-dealkylation sites (tertiary alicyclic amines) is 1. The summed E-state index contributed by atoms with van der Waals surface area (Å²) in [5, 5.41) is 18.4. The van der Waals surface area contributed by atoms with Gasteiger partial charge < -0.3 is 30.1 Å². The van der Waals surface area contributed by atoms with Crippen molar-refractivity contribution in [3.8, 4) is 5.75 Å². The quantitative estimate of drug-likeness (QED) is 0.179. The summed E-state index contributed by atoms with van der Waals surface area (Å²) in [7, 11) is 1.59. The van der Waals surface area contributed by atoms with Crippen LogP contribution in [0, 0.1) is 11.7 Å². The number of methoxy groups -OCH3 is 1. The van der Waals surface area contributed by atoms with Gasteiger partial charge in [-0.25, -0.2) is 14.0 Å². The van der Waals surface area contributed by atoms with Crippen LogP contribution in [0.1, 0.15) is 46.9 Å². The highest BCUT2D eigenvalue weighted by Crippen LogP contribution is 2.25. The zero-order valence-corrected chi connectivity index (χ0v) is 26.2. The van der Waals surface area contributed by atoms with Gasteiger partial charge in [-0.3, -0.25) is 14.4 Å². The minimum Gasteiger partial charge on any atom is -0.497 e. The van der Waals surface area contributed by atoms with Crippen LogP contribution in [-0.2, 0) is 14.4 Å². The second-order valence-corrected chi connectivity index (χ2v) is 10.6. The van der Waals surface area contributed by atoms with Crippen molar-refractivity contribution in [1.29, 1.82) is 0 Å². The number of anilines is 2. The third-order valence-corrected chi connectivity index (χ3v) is 7.44. The fraction of sp³-hybridized carbons (Fsp3) is 0.286. The van der Waals surface area contributed by atoms with Crippen molar-refractivity contribution in [2.75, 3.05) is 43.5 Å². The monoisotopic (exact) mass is 647 g/mol. The number of ether oxygens (including phenoxy) is 1. The van der Waals surface area contributed by atoms with Gasteiger partial charge in [0, 0.05) is 66.1 Å². The van der Waals surface area contributed by atoms with E-state index in [0.717, 1.165) is 18.8 Å². The van der Waals surface area contributed by atoms with Crippen molar-refractivity contribution in [3.05, 3.63) is 102 Å². The smallest absolute Gasteiger partial charge is 0.328 e. The molecule has 0 spiro atoms. The molecule has 1 aliphatic rings. The standard InChI is InChI=1S/C31H34FN3O4.C4H4O4/c1-3-29(36)33-26-13-9-24(10-14-26)31(38)35(27-5-4-6-28(21-27)39-2)20-19-34-17-15-23(16-18-34)30(37)22-7-11-25(32)12-8-22;5-3(6)1-2-4(7)8/h4-14,21,23H,3,15-20H2,1-2H3,(H,33,36);1-2H,(H,5,6)(H,7,8)/b;2-1+. The Morgan fingerprint density at radius 2 is 1.51 bits per heavy atom. The number of nitrogens with zero attached hydrogens (tertiary/aromatic N) is 2. The predicted octanol–water partition coefficient (Wildman–Crippen LogP) is 5.14. The van der Waals surface area contributed by atoms with E-state index in [2.05, 4.69) is 10.2 Å². The molecule has 11 nitrogen and oxygen atoms in total. The minimum absolute atomic E-state index is 0.0569. The summed E-state index contributed by atoms with van der Waals surface area (Å²) in [6.07, 6.45) is 2.93. The van der Waals surface area contributed by atoms with Gasteiger partial charge in [0.2, 0.25) is 5.91 Å². The SMILES string of the molecule is CCC(=O)Nc1ccc(C(=O)N(CCN2CCC(C(=O)c3ccc(F)cc3)CC2)c2cccc(OC)c2)cc1.O=C(O)/C=C/C(=O)O. The number of benzene rings is 3. The molecule has 0 radical (unpaired) electrons. The van der Waals surface area contributed by atoms with Gasteiger partial charge >= 0.3 is 11.9 Å². The van der Waals surface area contributed by atoms with Crippen molar-refractivity contribution in [3.63, 3.8) is 0 Å². The second kappa shape index (κ2) is 18.0. The molecule has 4 rings (SSSR count). The van der Waals surface area contributed by atoms with Crippen LogP contribution in [0.3, 0.4) is 0 Å². The van der Waals surface area contributed by atoms with E-state index < -0.39 is 11.9 Å². The summed E-state index contributed by atoms with van der Waals surface area (Å²) in [6, 6.07) is 20.0. The first-order chi connectivity index (χ1) is 22.5. The first-order valence-electron chi connectivity index (χ1n) is 15.0. The Labute approximate surface area is 272 Å². The zero-order valence-electron chi connectivity index (χ0n) is 26.2. The van der Waals surface area contributed by atoms with E-state index in [1.54, 1.807) is 55.3 Å². The lowest BCUT2D eigenvalue weighted by Crippen LogP contribution is -2.42. The minimum atomic E-state index is -1.26. The van der Waals surface area contributed by atoms with Gasteiger partial charge in [0.05, 0.1) is 7.11 Å². The highest BCUT2D eigenvalue weighted by atomic mass is 19.1. The molecule has 2 amide bonds. The van der Waals surface area contributed by atoms with Gasteiger partial charge in [-0.05, 0) is 86.6 Å². The third kappa shape index (κ3) is 11.5. The number of nitrogens with one attached hydrogen (secondary N) is 1. The van der Waals surface area contributed by atoms with Crippen LogP contribution in [0.2, 0.25) is 0 Å². The van der Waals surface area contributed by atoms with E-state index in [4.69, 9.17) is 14.9 Å². The number of rotatable bonds is 12. The van der Waals surface area contributed by atoms with Gasteiger partial charge in [-0.1, -0.05) is 13.0 Å². The van der Waals surface area contributed by atoms with Crippen LogP contribution in [0.4, 0.5) is 15.8 Å². The molecule has 0 saturated carbocycles. The first-order valence-corrected chi connectivity index (χ1v) is 15.0. The number of aliphatic carboxylic acids is 2. The maximum Gasteiger partial charge on any atom is 0.328 e. The van der Waals surface area contributed by atoms with Crippen LogP contribution >= 0.6 is 0 Å². The number of carbonyl (C=O) groups excluding carboxylic acids is 3. The predicted molar refractivity (Wildman–Crippen MR) is 174 cm³/mol. The van der Waals surface area contributed by atoms with E-state index in [1.807, 2.05) is 24.3 Å². The number of hydrogen-bond donors (Lipinski definition) is 3. The zero-order chi connectivity index (χ0) is 34.3. The largest absolute Gasteiger partial charge is 0.497 e. The Hall–Kier alpha value is -5.36. The summed E-state index contributed by atoms with van der Waals surface area (Å²) in [5.41, 5.74) is 2.43. The van der Waals surface area contributed by atoms with Crippen molar-refractivity contribution >= 4 is 40.9 Å². The Morgan fingerprint density at radius 1 is 0.915 bits per heavy atom. The molecule has 0 unspecified atom stereocenters.